The minimum atomic E-state index is -0.440. The Balaban J connectivity index is 1.56. The van der Waals surface area contributed by atoms with Crippen LogP contribution in [0.15, 0.2) is 30.3 Å². The number of aromatic nitrogens is 2. The number of carbonyl (C=O) groups is 2. The van der Waals surface area contributed by atoms with Gasteiger partial charge in [-0.15, -0.1) is 0 Å². The van der Waals surface area contributed by atoms with E-state index in [1.165, 1.54) is 0 Å². The molecule has 0 bridgehead atoms. The first-order valence-corrected chi connectivity index (χ1v) is 10.1. The van der Waals surface area contributed by atoms with Crippen LogP contribution in [0, 0.1) is 0 Å². The molecule has 0 atom stereocenters. The maximum Gasteiger partial charge on any atom is 0.273 e. The highest BCUT2D eigenvalue weighted by Gasteiger charge is 2.15. The molecule has 9 nitrogen and oxygen atoms in total. The number of nitrogens with zero attached hydrogens (tertiary/aromatic N) is 3. The average molecular weight is 434 g/mol. The van der Waals surface area contributed by atoms with Gasteiger partial charge in [0.2, 0.25) is 0 Å². The van der Waals surface area contributed by atoms with Gasteiger partial charge in [0.05, 0.1) is 0 Å². The van der Waals surface area contributed by atoms with Gasteiger partial charge < -0.3 is 27.0 Å². The standard InChI is InChI=1S/C20H28ClN7O2/c1-28(12-7-3-6-10-24-19(29)14-8-4-2-5-9-14)13-11-25-20(30)15-17(22)27-18(23)16(21)26-15/h2,4-5,8-9H,3,6-7,10-13H2,1H3,(H,24,29)(H,25,30)(H4,22,23,27). The monoisotopic (exact) mass is 433 g/mol. The number of likely N-dealkylation sites (N-methyl/N-ethyl adjacent to an activating group) is 1. The number of hydrogen-bond acceptors (Lipinski definition) is 7. The number of anilines is 2. The zero-order valence-corrected chi connectivity index (χ0v) is 17.8. The largest absolute Gasteiger partial charge is 0.382 e. The van der Waals surface area contributed by atoms with Gasteiger partial charge in [-0.1, -0.05) is 36.2 Å². The maximum atomic E-state index is 12.2. The second kappa shape index (κ2) is 11.9. The fourth-order valence-electron chi connectivity index (χ4n) is 2.74. The van der Waals surface area contributed by atoms with Crippen molar-refractivity contribution >= 4 is 35.1 Å². The number of unbranched alkanes of at least 4 members (excludes halogenated alkanes) is 2. The Bertz CT molecular complexity index is 849. The molecule has 2 amide bonds. The number of nitrogens with one attached hydrogen (secondary N) is 2. The van der Waals surface area contributed by atoms with Crippen LogP contribution in [-0.2, 0) is 0 Å². The van der Waals surface area contributed by atoms with Crippen LogP contribution in [0.1, 0.15) is 40.1 Å². The van der Waals surface area contributed by atoms with E-state index in [4.69, 9.17) is 23.1 Å². The van der Waals surface area contributed by atoms with E-state index in [9.17, 15) is 9.59 Å². The summed E-state index contributed by atoms with van der Waals surface area (Å²) in [4.78, 5) is 33.9. The first-order chi connectivity index (χ1) is 14.4. The van der Waals surface area contributed by atoms with E-state index in [0.717, 1.165) is 25.8 Å². The van der Waals surface area contributed by atoms with Crippen LogP contribution in [0.5, 0.6) is 0 Å². The molecule has 0 aliphatic heterocycles. The fraction of sp³-hybridized carbons (Fsp3) is 0.400. The van der Waals surface area contributed by atoms with Gasteiger partial charge in [0, 0.05) is 25.2 Å². The predicted octanol–water partition coefficient (Wildman–Crippen LogP) is 1.56. The number of benzene rings is 1. The number of rotatable bonds is 11. The molecule has 0 aliphatic carbocycles. The summed E-state index contributed by atoms with van der Waals surface area (Å²) in [6.45, 7) is 2.65. The van der Waals surface area contributed by atoms with Crippen molar-refractivity contribution in [3.63, 3.8) is 0 Å². The van der Waals surface area contributed by atoms with Crippen LogP contribution in [-0.4, -0.2) is 59.9 Å². The van der Waals surface area contributed by atoms with E-state index < -0.39 is 5.91 Å². The number of carbonyl (C=O) groups excluding carboxylic acids is 2. The van der Waals surface area contributed by atoms with E-state index in [-0.39, 0.29) is 28.4 Å². The summed E-state index contributed by atoms with van der Waals surface area (Å²) >= 11 is 5.79. The third kappa shape index (κ3) is 7.49. The molecule has 6 N–H and O–H groups in total. The Labute approximate surface area is 181 Å². The normalized spacial score (nSPS) is 10.8. The molecule has 0 saturated heterocycles. The van der Waals surface area contributed by atoms with Gasteiger partial charge in [0.25, 0.3) is 11.8 Å². The van der Waals surface area contributed by atoms with Crippen molar-refractivity contribution in [1.29, 1.82) is 0 Å². The van der Waals surface area contributed by atoms with Crippen LogP contribution in [0.4, 0.5) is 11.6 Å². The quantitative estimate of drug-likeness (QED) is 0.394. The van der Waals surface area contributed by atoms with Crippen molar-refractivity contribution in [3.05, 3.63) is 46.7 Å². The summed E-state index contributed by atoms with van der Waals surface area (Å²) in [5.74, 6) is -0.548. The highest BCUT2D eigenvalue weighted by molar-refractivity contribution is 6.31. The number of hydrogen-bond donors (Lipinski definition) is 4. The van der Waals surface area contributed by atoms with Gasteiger partial charge in [0.1, 0.15) is 0 Å². The second-order valence-corrected chi connectivity index (χ2v) is 7.23. The molecule has 30 heavy (non-hydrogen) atoms. The van der Waals surface area contributed by atoms with Gasteiger partial charge >= 0.3 is 0 Å². The molecule has 162 valence electrons. The molecule has 0 aliphatic rings. The number of amides is 2. The third-order valence-electron chi connectivity index (χ3n) is 4.44. The van der Waals surface area contributed by atoms with Crippen LogP contribution in [0.2, 0.25) is 5.15 Å². The molecule has 10 heteroatoms. The summed E-state index contributed by atoms with van der Waals surface area (Å²) in [6.07, 6.45) is 2.92. The molecule has 0 radical (unpaired) electrons. The zero-order chi connectivity index (χ0) is 21.9. The van der Waals surface area contributed by atoms with E-state index in [1.54, 1.807) is 12.1 Å². The lowest BCUT2D eigenvalue weighted by Crippen LogP contribution is -2.34. The lowest BCUT2D eigenvalue weighted by molar-refractivity contribution is 0.0939. The van der Waals surface area contributed by atoms with E-state index in [1.807, 2.05) is 25.2 Å². The van der Waals surface area contributed by atoms with E-state index >= 15 is 0 Å². The van der Waals surface area contributed by atoms with Crippen LogP contribution in [0.25, 0.3) is 0 Å². The number of nitrogens with two attached hydrogens (primary N) is 2. The molecular weight excluding hydrogens is 406 g/mol. The summed E-state index contributed by atoms with van der Waals surface area (Å²) in [7, 11) is 1.98. The molecule has 0 spiro atoms. The molecule has 2 aromatic rings. The molecule has 1 aromatic heterocycles. The van der Waals surface area contributed by atoms with Crippen molar-refractivity contribution in [2.45, 2.75) is 19.3 Å². The predicted molar refractivity (Wildman–Crippen MR) is 118 cm³/mol. The van der Waals surface area contributed by atoms with Crippen molar-refractivity contribution in [1.82, 2.24) is 25.5 Å². The Kier molecular flexibility index (Phi) is 9.30. The van der Waals surface area contributed by atoms with Crippen LogP contribution >= 0.6 is 11.6 Å². The maximum absolute atomic E-state index is 12.2. The Morgan fingerprint density at radius 2 is 1.63 bits per heavy atom. The summed E-state index contributed by atoms with van der Waals surface area (Å²) in [6, 6.07) is 9.17. The minimum Gasteiger partial charge on any atom is -0.382 e. The van der Waals surface area contributed by atoms with Crippen molar-refractivity contribution in [2.24, 2.45) is 0 Å². The van der Waals surface area contributed by atoms with E-state index in [2.05, 4.69) is 25.5 Å². The van der Waals surface area contributed by atoms with Gasteiger partial charge in [-0.05, 0) is 38.6 Å². The minimum absolute atomic E-state index is 0.00918. The van der Waals surface area contributed by atoms with Gasteiger partial charge in [-0.25, -0.2) is 9.97 Å². The topological polar surface area (TPSA) is 139 Å². The third-order valence-corrected chi connectivity index (χ3v) is 4.72. The van der Waals surface area contributed by atoms with Crippen molar-refractivity contribution in [3.8, 4) is 0 Å². The van der Waals surface area contributed by atoms with E-state index in [0.29, 0.717) is 25.2 Å². The SMILES string of the molecule is CN(CCCCCNC(=O)c1ccccc1)CCNC(=O)c1nc(Cl)c(N)nc1N. The molecular formula is C20H28ClN7O2. The number of halogens is 1. The highest BCUT2D eigenvalue weighted by atomic mass is 35.5. The van der Waals surface area contributed by atoms with Gasteiger partial charge in [-0.2, -0.15) is 0 Å². The smallest absolute Gasteiger partial charge is 0.273 e. The molecule has 1 aromatic carbocycles. The molecule has 0 unspecified atom stereocenters. The Hall–Kier alpha value is -2.91. The summed E-state index contributed by atoms with van der Waals surface area (Å²) in [5, 5.41) is 5.62. The number of nitrogen functional groups attached to an aromatic ring is 2. The highest BCUT2D eigenvalue weighted by Crippen LogP contribution is 2.17. The zero-order valence-electron chi connectivity index (χ0n) is 17.0. The van der Waals surface area contributed by atoms with Crippen LogP contribution in [0.3, 0.4) is 0 Å². The Morgan fingerprint density at radius 1 is 0.933 bits per heavy atom. The van der Waals surface area contributed by atoms with Crippen LogP contribution < -0.4 is 22.1 Å². The molecule has 2 rings (SSSR count). The van der Waals surface area contributed by atoms with Gasteiger partial charge in [-0.3, -0.25) is 9.59 Å². The summed E-state index contributed by atoms with van der Waals surface area (Å²) in [5.41, 5.74) is 11.8. The first-order valence-electron chi connectivity index (χ1n) is 9.77. The molecule has 0 fully saturated rings. The van der Waals surface area contributed by atoms with Crippen molar-refractivity contribution < 1.29 is 9.59 Å². The molecule has 1 heterocycles. The lowest BCUT2D eigenvalue weighted by atomic mass is 10.2. The van der Waals surface area contributed by atoms with Gasteiger partial charge in [0.15, 0.2) is 22.5 Å². The second-order valence-electron chi connectivity index (χ2n) is 6.88. The fourth-order valence-corrected chi connectivity index (χ4v) is 2.87. The average Bonchev–Trinajstić information content (AvgIpc) is 2.73. The molecule has 0 saturated carbocycles. The lowest BCUT2D eigenvalue weighted by Gasteiger charge is -2.17. The first kappa shape index (κ1) is 23.4. The summed E-state index contributed by atoms with van der Waals surface area (Å²) < 4.78 is 0. The van der Waals surface area contributed by atoms with Crippen molar-refractivity contribution in [2.75, 3.05) is 44.7 Å². The Morgan fingerprint density at radius 3 is 2.37 bits per heavy atom.